The van der Waals surface area contributed by atoms with Crippen LogP contribution in [-0.4, -0.2) is 42.5 Å². The van der Waals surface area contributed by atoms with Gasteiger partial charge in [-0.25, -0.2) is 0 Å². The van der Waals surface area contributed by atoms with Crippen molar-refractivity contribution in [2.24, 2.45) is 0 Å². The molecule has 20 heavy (non-hydrogen) atoms. The SMILES string of the molecule is Cc1ccc(C(=O)N2CCC(OCCCl)CC2)c(C)c1. The Balaban J connectivity index is 1.94. The zero-order chi connectivity index (χ0) is 14.5. The summed E-state index contributed by atoms with van der Waals surface area (Å²) in [5, 5.41) is 0. The fraction of sp³-hybridized carbons (Fsp3) is 0.562. The van der Waals surface area contributed by atoms with Gasteiger partial charge < -0.3 is 9.64 Å². The van der Waals surface area contributed by atoms with Gasteiger partial charge in [0.15, 0.2) is 0 Å². The van der Waals surface area contributed by atoms with Crippen molar-refractivity contribution in [1.82, 2.24) is 4.90 Å². The first-order chi connectivity index (χ1) is 9.61. The van der Waals surface area contributed by atoms with Crippen molar-refractivity contribution in [2.45, 2.75) is 32.8 Å². The Kier molecular flexibility index (Phi) is 5.44. The summed E-state index contributed by atoms with van der Waals surface area (Å²) in [7, 11) is 0. The van der Waals surface area contributed by atoms with E-state index in [4.69, 9.17) is 16.3 Å². The first kappa shape index (κ1) is 15.3. The minimum absolute atomic E-state index is 0.137. The Bertz CT molecular complexity index is 468. The number of amides is 1. The van der Waals surface area contributed by atoms with E-state index in [1.165, 1.54) is 5.56 Å². The molecule has 1 saturated heterocycles. The molecule has 3 nitrogen and oxygen atoms in total. The van der Waals surface area contributed by atoms with Gasteiger partial charge in [-0.3, -0.25) is 4.79 Å². The van der Waals surface area contributed by atoms with E-state index in [9.17, 15) is 4.79 Å². The highest BCUT2D eigenvalue weighted by Crippen LogP contribution is 2.18. The molecule has 0 spiro atoms. The van der Waals surface area contributed by atoms with Crippen LogP contribution in [0.4, 0.5) is 0 Å². The van der Waals surface area contributed by atoms with Crippen molar-refractivity contribution in [3.05, 3.63) is 34.9 Å². The summed E-state index contributed by atoms with van der Waals surface area (Å²) in [6, 6.07) is 5.99. The second kappa shape index (κ2) is 7.09. The third-order valence-corrected chi connectivity index (χ3v) is 3.93. The number of aryl methyl sites for hydroxylation is 2. The van der Waals surface area contributed by atoms with Crippen LogP contribution < -0.4 is 0 Å². The summed E-state index contributed by atoms with van der Waals surface area (Å²) in [6.45, 7) is 6.16. The molecule has 0 N–H and O–H groups in total. The smallest absolute Gasteiger partial charge is 0.254 e. The van der Waals surface area contributed by atoms with Gasteiger partial charge in [-0.15, -0.1) is 11.6 Å². The van der Waals surface area contributed by atoms with Crippen LogP contribution in [-0.2, 0) is 4.74 Å². The fourth-order valence-electron chi connectivity index (χ4n) is 2.66. The van der Waals surface area contributed by atoms with Crippen molar-refractivity contribution in [3.63, 3.8) is 0 Å². The minimum atomic E-state index is 0.137. The minimum Gasteiger partial charge on any atom is -0.377 e. The van der Waals surface area contributed by atoms with Crippen LogP contribution in [0.25, 0.3) is 0 Å². The van der Waals surface area contributed by atoms with Crippen LogP contribution in [0.1, 0.15) is 34.3 Å². The molecule has 1 aromatic carbocycles. The van der Waals surface area contributed by atoms with E-state index in [2.05, 4.69) is 6.07 Å². The average molecular weight is 296 g/mol. The zero-order valence-electron chi connectivity index (χ0n) is 12.2. The molecule has 0 aliphatic carbocycles. The van der Waals surface area contributed by atoms with Gasteiger partial charge in [-0.05, 0) is 38.3 Å². The number of alkyl halides is 1. The molecule has 0 unspecified atom stereocenters. The maximum Gasteiger partial charge on any atom is 0.254 e. The maximum atomic E-state index is 12.5. The molecule has 4 heteroatoms. The molecule has 1 aliphatic rings. The number of ether oxygens (including phenoxy) is 1. The Morgan fingerprint density at radius 2 is 2.05 bits per heavy atom. The molecule has 1 amide bonds. The van der Waals surface area contributed by atoms with E-state index >= 15 is 0 Å². The summed E-state index contributed by atoms with van der Waals surface area (Å²) in [5.74, 6) is 0.667. The molecule has 0 atom stereocenters. The highest BCUT2D eigenvalue weighted by Gasteiger charge is 2.24. The number of benzene rings is 1. The lowest BCUT2D eigenvalue weighted by molar-refractivity contribution is 0.0154. The van der Waals surface area contributed by atoms with Crippen LogP contribution in [0.3, 0.4) is 0 Å². The molecule has 1 aromatic rings. The van der Waals surface area contributed by atoms with Gasteiger partial charge in [0.05, 0.1) is 12.7 Å². The Morgan fingerprint density at radius 1 is 1.35 bits per heavy atom. The number of hydrogen-bond donors (Lipinski definition) is 0. The van der Waals surface area contributed by atoms with Gasteiger partial charge in [0.2, 0.25) is 0 Å². The summed E-state index contributed by atoms with van der Waals surface area (Å²) < 4.78 is 5.64. The van der Waals surface area contributed by atoms with Crippen molar-refractivity contribution < 1.29 is 9.53 Å². The summed E-state index contributed by atoms with van der Waals surface area (Å²) in [4.78, 5) is 14.4. The van der Waals surface area contributed by atoms with Crippen molar-refractivity contribution in [1.29, 1.82) is 0 Å². The van der Waals surface area contributed by atoms with Crippen LogP contribution in [0.15, 0.2) is 18.2 Å². The second-order valence-corrected chi connectivity index (χ2v) is 5.75. The normalized spacial score (nSPS) is 16.4. The molecule has 0 radical (unpaired) electrons. The standard InChI is InChI=1S/C16H22ClNO2/c1-12-3-4-15(13(2)11-12)16(19)18-8-5-14(6-9-18)20-10-7-17/h3-4,11,14H,5-10H2,1-2H3. The summed E-state index contributed by atoms with van der Waals surface area (Å²) in [5.41, 5.74) is 3.05. The third kappa shape index (κ3) is 3.74. The Morgan fingerprint density at radius 3 is 2.65 bits per heavy atom. The number of hydrogen-bond acceptors (Lipinski definition) is 2. The number of piperidine rings is 1. The molecule has 1 aliphatic heterocycles. The summed E-state index contributed by atoms with van der Waals surface area (Å²) >= 11 is 5.62. The first-order valence-corrected chi connectivity index (χ1v) is 7.69. The van der Waals surface area contributed by atoms with Gasteiger partial charge in [0.1, 0.15) is 0 Å². The summed E-state index contributed by atoms with van der Waals surface area (Å²) in [6.07, 6.45) is 2.04. The molecule has 0 bridgehead atoms. The molecule has 1 fully saturated rings. The molecular weight excluding hydrogens is 274 g/mol. The molecular formula is C16H22ClNO2. The molecule has 1 heterocycles. The van der Waals surface area contributed by atoms with Crippen LogP contribution >= 0.6 is 11.6 Å². The van der Waals surface area contributed by atoms with Gasteiger partial charge in [-0.1, -0.05) is 17.7 Å². The van der Waals surface area contributed by atoms with Crippen molar-refractivity contribution in [3.8, 4) is 0 Å². The van der Waals surface area contributed by atoms with Crippen LogP contribution in [0.2, 0.25) is 0 Å². The monoisotopic (exact) mass is 295 g/mol. The average Bonchev–Trinajstić information content (AvgIpc) is 2.45. The van der Waals surface area contributed by atoms with Gasteiger partial charge in [0, 0.05) is 24.5 Å². The number of likely N-dealkylation sites (tertiary alicyclic amines) is 1. The Labute approximate surface area is 125 Å². The highest BCUT2D eigenvalue weighted by atomic mass is 35.5. The number of carbonyl (C=O) groups is 1. The van der Waals surface area contributed by atoms with E-state index < -0.39 is 0 Å². The predicted octanol–water partition coefficient (Wildman–Crippen LogP) is 3.16. The largest absolute Gasteiger partial charge is 0.377 e. The number of carbonyl (C=O) groups excluding carboxylic acids is 1. The lowest BCUT2D eigenvalue weighted by atomic mass is 10.0. The molecule has 110 valence electrons. The van der Waals surface area contributed by atoms with E-state index in [-0.39, 0.29) is 12.0 Å². The number of halogens is 1. The van der Waals surface area contributed by atoms with Crippen LogP contribution in [0.5, 0.6) is 0 Å². The molecule has 0 aromatic heterocycles. The lowest BCUT2D eigenvalue weighted by Gasteiger charge is -2.32. The number of rotatable bonds is 4. The molecule has 2 rings (SSSR count). The van der Waals surface area contributed by atoms with E-state index in [0.717, 1.165) is 37.1 Å². The topological polar surface area (TPSA) is 29.5 Å². The van der Waals surface area contributed by atoms with E-state index in [0.29, 0.717) is 12.5 Å². The van der Waals surface area contributed by atoms with Crippen molar-refractivity contribution >= 4 is 17.5 Å². The van der Waals surface area contributed by atoms with Gasteiger partial charge in [0.25, 0.3) is 5.91 Å². The fourth-order valence-corrected chi connectivity index (χ4v) is 2.75. The second-order valence-electron chi connectivity index (χ2n) is 5.37. The van der Waals surface area contributed by atoms with E-state index in [1.54, 1.807) is 0 Å². The predicted molar refractivity (Wildman–Crippen MR) is 81.5 cm³/mol. The van der Waals surface area contributed by atoms with Crippen LogP contribution in [0, 0.1) is 13.8 Å². The maximum absolute atomic E-state index is 12.5. The molecule has 0 saturated carbocycles. The van der Waals surface area contributed by atoms with Gasteiger partial charge in [-0.2, -0.15) is 0 Å². The highest BCUT2D eigenvalue weighted by molar-refractivity contribution is 6.17. The zero-order valence-corrected chi connectivity index (χ0v) is 12.9. The number of nitrogens with zero attached hydrogens (tertiary/aromatic N) is 1. The Hall–Kier alpha value is -1.06. The third-order valence-electron chi connectivity index (χ3n) is 3.77. The quantitative estimate of drug-likeness (QED) is 0.799. The lowest BCUT2D eigenvalue weighted by Crippen LogP contribution is -2.41. The first-order valence-electron chi connectivity index (χ1n) is 7.16. The van der Waals surface area contributed by atoms with Crippen molar-refractivity contribution in [2.75, 3.05) is 25.6 Å². The van der Waals surface area contributed by atoms with E-state index in [1.807, 2.05) is 30.9 Å². The van der Waals surface area contributed by atoms with Gasteiger partial charge >= 0.3 is 0 Å².